The van der Waals surface area contributed by atoms with E-state index in [1.54, 1.807) is 0 Å². The van der Waals surface area contributed by atoms with Crippen LogP contribution in [-0.2, 0) is 0 Å². The Bertz CT molecular complexity index is 97.1. The van der Waals surface area contributed by atoms with Crippen molar-refractivity contribution in [3.63, 3.8) is 0 Å². The summed E-state index contributed by atoms with van der Waals surface area (Å²) in [6.45, 7) is 2.08. The highest BCUT2D eigenvalue weighted by molar-refractivity contribution is 7.16. The van der Waals surface area contributed by atoms with Crippen molar-refractivity contribution in [2.45, 2.75) is 13.3 Å². The van der Waals surface area contributed by atoms with Crippen LogP contribution in [0.15, 0.2) is 11.8 Å². The highest BCUT2D eigenvalue weighted by Gasteiger charge is 1.93. The summed E-state index contributed by atoms with van der Waals surface area (Å²) in [5, 5.41) is 0. The van der Waals surface area contributed by atoms with Gasteiger partial charge in [-0.25, -0.2) is 0 Å². The van der Waals surface area contributed by atoms with Crippen LogP contribution < -0.4 is 0 Å². The molecule has 0 aromatic rings. The minimum atomic E-state index is 1.15. The Labute approximate surface area is 60.3 Å². The first kappa shape index (κ1) is 8.97. The van der Waals surface area contributed by atoms with Crippen molar-refractivity contribution in [2.75, 3.05) is 20.3 Å². The molecule has 0 radical (unpaired) electrons. The second-order valence-corrected chi connectivity index (χ2v) is 2.79. The SMILES string of the molecule is C/C=C(/CCP)N(C)C. The molecule has 54 valence electrons. The molecule has 0 aliphatic heterocycles. The van der Waals surface area contributed by atoms with Gasteiger partial charge in [-0.15, -0.1) is 9.24 Å². The van der Waals surface area contributed by atoms with Crippen molar-refractivity contribution in [1.29, 1.82) is 0 Å². The molecule has 0 aliphatic rings. The summed E-state index contributed by atoms with van der Waals surface area (Å²) < 4.78 is 0. The van der Waals surface area contributed by atoms with Gasteiger partial charge >= 0.3 is 0 Å². The van der Waals surface area contributed by atoms with Gasteiger partial charge in [0.05, 0.1) is 0 Å². The molecule has 0 saturated heterocycles. The lowest BCUT2D eigenvalue weighted by Crippen LogP contribution is -2.10. The van der Waals surface area contributed by atoms with E-state index in [1.165, 1.54) is 5.70 Å². The van der Waals surface area contributed by atoms with Crippen LogP contribution in [0.1, 0.15) is 13.3 Å². The van der Waals surface area contributed by atoms with Crippen LogP contribution in [0, 0.1) is 0 Å². The number of allylic oxidation sites excluding steroid dienone is 2. The third-order valence-corrected chi connectivity index (χ3v) is 1.60. The molecule has 0 fully saturated rings. The molecule has 9 heavy (non-hydrogen) atoms. The molecule has 0 amide bonds. The summed E-state index contributed by atoms with van der Waals surface area (Å²) >= 11 is 0. The van der Waals surface area contributed by atoms with Crippen LogP contribution in [0.5, 0.6) is 0 Å². The lowest BCUT2D eigenvalue weighted by Gasteiger charge is -2.15. The maximum Gasteiger partial charge on any atom is 0.00874 e. The van der Waals surface area contributed by atoms with Crippen molar-refractivity contribution in [2.24, 2.45) is 0 Å². The maximum absolute atomic E-state index is 2.73. The van der Waals surface area contributed by atoms with E-state index in [9.17, 15) is 0 Å². The minimum absolute atomic E-state index is 1.15. The molecule has 0 bridgehead atoms. The zero-order chi connectivity index (χ0) is 7.28. The maximum atomic E-state index is 2.73. The third-order valence-electron chi connectivity index (χ3n) is 1.31. The number of hydrogen-bond acceptors (Lipinski definition) is 1. The van der Waals surface area contributed by atoms with E-state index >= 15 is 0 Å². The Morgan fingerprint density at radius 2 is 2.11 bits per heavy atom. The van der Waals surface area contributed by atoms with Gasteiger partial charge in [-0.1, -0.05) is 6.08 Å². The Morgan fingerprint density at radius 3 is 2.22 bits per heavy atom. The van der Waals surface area contributed by atoms with E-state index in [0.717, 1.165) is 12.6 Å². The fourth-order valence-corrected chi connectivity index (χ4v) is 1.07. The smallest absolute Gasteiger partial charge is 0.00874 e. The van der Waals surface area contributed by atoms with Crippen molar-refractivity contribution in [3.05, 3.63) is 11.8 Å². The van der Waals surface area contributed by atoms with Crippen LogP contribution >= 0.6 is 9.24 Å². The first-order valence-corrected chi connectivity index (χ1v) is 4.06. The van der Waals surface area contributed by atoms with Crippen molar-refractivity contribution in [3.8, 4) is 0 Å². The molecule has 1 atom stereocenters. The number of nitrogens with zero attached hydrogens (tertiary/aromatic N) is 1. The monoisotopic (exact) mass is 145 g/mol. The topological polar surface area (TPSA) is 3.24 Å². The van der Waals surface area contributed by atoms with E-state index < -0.39 is 0 Å². The Balaban J connectivity index is 3.70. The fraction of sp³-hybridized carbons (Fsp3) is 0.714. The summed E-state index contributed by atoms with van der Waals surface area (Å²) in [6.07, 6.45) is 4.47. The molecule has 0 heterocycles. The van der Waals surface area contributed by atoms with Gasteiger partial charge in [0.15, 0.2) is 0 Å². The summed E-state index contributed by atoms with van der Waals surface area (Å²) in [5.41, 5.74) is 1.41. The predicted octanol–water partition coefficient (Wildman–Crippen LogP) is 1.72. The molecule has 1 nitrogen and oxygen atoms in total. The second kappa shape index (κ2) is 4.81. The van der Waals surface area contributed by atoms with E-state index in [4.69, 9.17) is 0 Å². The molecular formula is C7H16NP. The largest absolute Gasteiger partial charge is 0.381 e. The number of rotatable bonds is 3. The lowest BCUT2D eigenvalue weighted by atomic mass is 10.3. The summed E-state index contributed by atoms with van der Waals surface area (Å²) in [5.74, 6) is 0. The summed E-state index contributed by atoms with van der Waals surface area (Å²) in [7, 11) is 6.89. The average molecular weight is 145 g/mol. The Kier molecular flexibility index (Phi) is 4.80. The van der Waals surface area contributed by atoms with Gasteiger partial charge < -0.3 is 4.90 Å². The highest BCUT2D eigenvalue weighted by atomic mass is 31.0. The molecule has 0 N–H and O–H groups in total. The first-order chi connectivity index (χ1) is 4.22. The molecule has 0 rings (SSSR count). The molecule has 0 aromatic carbocycles. The second-order valence-electron chi connectivity index (χ2n) is 2.21. The van der Waals surface area contributed by atoms with Crippen molar-refractivity contribution in [1.82, 2.24) is 4.90 Å². The van der Waals surface area contributed by atoms with Gasteiger partial charge in [-0.3, -0.25) is 0 Å². The Morgan fingerprint density at radius 1 is 1.56 bits per heavy atom. The van der Waals surface area contributed by atoms with Crippen molar-refractivity contribution < 1.29 is 0 Å². The van der Waals surface area contributed by atoms with Crippen LogP contribution in [0.3, 0.4) is 0 Å². The van der Waals surface area contributed by atoms with Gasteiger partial charge in [0.1, 0.15) is 0 Å². The van der Waals surface area contributed by atoms with Gasteiger partial charge in [-0.05, 0) is 19.5 Å². The summed E-state index contributed by atoms with van der Waals surface area (Å²) in [4.78, 5) is 2.16. The lowest BCUT2D eigenvalue weighted by molar-refractivity contribution is 0.494. The van der Waals surface area contributed by atoms with E-state index in [-0.39, 0.29) is 0 Å². The van der Waals surface area contributed by atoms with E-state index in [2.05, 4.69) is 41.2 Å². The van der Waals surface area contributed by atoms with E-state index in [1.807, 2.05) is 0 Å². The quantitative estimate of drug-likeness (QED) is 0.546. The first-order valence-electron chi connectivity index (χ1n) is 3.25. The molecular weight excluding hydrogens is 129 g/mol. The van der Waals surface area contributed by atoms with Crippen LogP contribution in [-0.4, -0.2) is 25.2 Å². The minimum Gasteiger partial charge on any atom is -0.381 e. The van der Waals surface area contributed by atoms with Gasteiger partial charge in [-0.2, -0.15) is 0 Å². The van der Waals surface area contributed by atoms with Gasteiger partial charge in [0.25, 0.3) is 0 Å². The zero-order valence-electron chi connectivity index (χ0n) is 6.52. The van der Waals surface area contributed by atoms with E-state index in [0.29, 0.717) is 0 Å². The predicted molar refractivity (Wildman–Crippen MR) is 46.6 cm³/mol. The fourth-order valence-electron chi connectivity index (χ4n) is 0.774. The van der Waals surface area contributed by atoms with Crippen molar-refractivity contribution >= 4 is 9.24 Å². The van der Waals surface area contributed by atoms with Crippen LogP contribution in [0.2, 0.25) is 0 Å². The molecule has 0 spiro atoms. The molecule has 0 aliphatic carbocycles. The molecule has 1 unspecified atom stereocenters. The molecule has 2 heteroatoms. The Hall–Kier alpha value is -0.0300. The third kappa shape index (κ3) is 3.53. The number of hydrogen-bond donors (Lipinski definition) is 0. The van der Waals surface area contributed by atoms with Crippen LogP contribution in [0.25, 0.3) is 0 Å². The summed E-state index contributed by atoms with van der Waals surface area (Å²) in [6, 6.07) is 0. The standard InChI is InChI=1S/C7H16NP/c1-4-7(5-6-9)8(2)3/h4H,5-6,9H2,1-3H3/b7-4-. The normalized spacial score (nSPS) is 11.8. The average Bonchev–Trinajstić information content (AvgIpc) is 1.82. The molecule has 0 saturated carbocycles. The highest BCUT2D eigenvalue weighted by Crippen LogP contribution is 2.05. The van der Waals surface area contributed by atoms with Crippen LogP contribution in [0.4, 0.5) is 0 Å². The zero-order valence-corrected chi connectivity index (χ0v) is 7.67. The van der Waals surface area contributed by atoms with Gasteiger partial charge in [0, 0.05) is 19.8 Å². The van der Waals surface area contributed by atoms with Gasteiger partial charge in [0.2, 0.25) is 0 Å². The molecule has 0 aromatic heterocycles.